The van der Waals surface area contributed by atoms with E-state index in [0.717, 1.165) is 23.7 Å². The summed E-state index contributed by atoms with van der Waals surface area (Å²) in [4.78, 5) is 0. The van der Waals surface area contributed by atoms with Crippen LogP contribution in [0.5, 0.6) is 0 Å². The first-order valence-corrected chi connectivity index (χ1v) is 6.77. The average Bonchev–Trinajstić information content (AvgIpc) is 2.26. The van der Waals surface area contributed by atoms with Crippen LogP contribution in [0.3, 0.4) is 0 Å². The third-order valence-electron chi connectivity index (χ3n) is 5.40. The van der Waals surface area contributed by atoms with Crippen LogP contribution in [0.15, 0.2) is 12.2 Å². The van der Waals surface area contributed by atoms with E-state index >= 15 is 0 Å². The first-order valence-electron chi connectivity index (χ1n) is 6.77. The fourth-order valence-electron chi connectivity index (χ4n) is 4.90. The molecule has 4 aliphatic rings. The summed E-state index contributed by atoms with van der Waals surface area (Å²) in [5, 5.41) is 9.05. The van der Waals surface area contributed by atoms with Gasteiger partial charge >= 0.3 is 0 Å². The normalized spacial score (nSPS) is 46.4. The fourth-order valence-corrected chi connectivity index (χ4v) is 4.90. The van der Waals surface area contributed by atoms with E-state index in [0.29, 0.717) is 5.92 Å². The molecule has 4 saturated carbocycles. The van der Waals surface area contributed by atoms with Crippen LogP contribution in [0.2, 0.25) is 0 Å². The average molecular weight is 215 g/mol. The molecule has 0 radical (unpaired) electrons. The molecule has 1 nitrogen and oxygen atoms in total. The second-order valence-electron chi connectivity index (χ2n) is 6.38. The minimum atomic E-state index is 0.0579. The number of rotatable bonds is 2. The zero-order valence-corrected chi connectivity index (χ0v) is 10.2. The molecule has 16 heavy (non-hydrogen) atoms. The Hall–Kier alpha value is -0.770. The number of allylic oxidation sites excluding steroid dienone is 1. The van der Waals surface area contributed by atoms with Gasteiger partial charge in [0, 0.05) is 0 Å². The highest BCUT2D eigenvalue weighted by Crippen LogP contribution is 2.58. The van der Waals surface area contributed by atoms with E-state index in [9.17, 15) is 0 Å². The molecule has 1 heteroatoms. The molecule has 0 aromatic heterocycles. The lowest BCUT2D eigenvalue weighted by atomic mass is 9.50. The Bertz CT molecular complexity index is 321. The standard InChI is InChI=1S/C15H21N/c1-9(8-16)10(2)15-13-4-11-3-12(6-13)7-14(15)5-11/h9,11-15H,2-7H2,1H3. The number of hydrogen-bond acceptors (Lipinski definition) is 1. The SMILES string of the molecule is C=C(C(C)C#N)C1C2CC3CC(C2)CC1C3. The van der Waals surface area contributed by atoms with Crippen LogP contribution in [0, 0.1) is 46.8 Å². The molecule has 4 aliphatic carbocycles. The van der Waals surface area contributed by atoms with E-state index in [1.807, 2.05) is 6.92 Å². The van der Waals surface area contributed by atoms with E-state index in [-0.39, 0.29) is 5.92 Å². The lowest BCUT2D eigenvalue weighted by Crippen LogP contribution is -2.46. The molecule has 0 aromatic carbocycles. The summed E-state index contributed by atoms with van der Waals surface area (Å²) in [5.41, 5.74) is 1.25. The Morgan fingerprint density at radius 1 is 1.12 bits per heavy atom. The van der Waals surface area contributed by atoms with Gasteiger partial charge in [0.2, 0.25) is 0 Å². The molecule has 4 fully saturated rings. The zero-order valence-electron chi connectivity index (χ0n) is 10.2. The van der Waals surface area contributed by atoms with Crippen molar-refractivity contribution in [3.05, 3.63) is 12.2 Å². The van der Waals surface area contributed by atoms with Crippen molar-refractivity contribution in [1.29, 1.82) is 5.26 Å². The van der Waals surface area contributed by atoms with Gasteiger partial charge in [-0.3, -0.25) is 0 Å². The topological polar surface area (TPSA) is 23.8 Å². The number of nitrogens with zero attached hydrogens (tertiary/aromatic N) is 1. The Morgan fingerprint density at radius 3 is 2.06 bits per heavy atom. The van der Waals surface area contributed by atoms with Gasteiger partial charge in [0.05, 0.1) is 12.0 Å². The van der Waals surface area contributed by atoms with Crippen LogP contribution in [0.1, 0.15) is 39.0 Å². The molecule has 0 amide bonds. The Balaban J connectivity index is 1.82. The fraction of sp³-hybridized carbons (Fsp3) is 0.800. The Labute approximate surface area is 98.5 Å². The third-order valence-corrected chi connectivity index (χ3v) is 5.40. The second kappa shape index (κ2) is 3.62. The van der Waals surface area contributed by atoms with E-state index in [4.69, 9.17) is 5.26 Å². The molecular weight excluding hydrogens is 194 g/mol. The van der Waals surface area contributed by atoms with Crippen molar-refractivity contribution < 1.29 is 0 Å². The van der Waals surface area contributed by atoms with Gasteiger partial charge in [-0.1, -0.05) is 12.2 Å². The van der Waals surface area contributed by atoms with Crippen molar-refractivity contribution in [3.63, 3.8) is 0 Å². The molecule has 0 aromatic rings. The van der Waals surface area contributed by atoms with Crippen molar-refractivity contribution in [2.45, 2.75) is 39.0 Å². The largest absolute Gasteiger partial charge is 0.198 e. The Kier molecular flexibility index (Phi) is 2.35. The van der Waals surface area contributed by atoms with Gasteiger partial charge in [-0.05, 0) is 68.6 Å². The van der Waals surface area contributed by atoms with Gasteiger partial charge in [-0.25, -0.2) is 0 Å². The van der Waals surface area contributed by atoms with Crippen LogP contribution in [0.4, 0.5) is 0 Å². The summed E-state index contributed by atoms with van der Waals surface area (Å²) in [7, 11) is 0. The highest BCUT2D eigenvalue weighted by Gasteiger charge is 2.49. The van der Waals surface area contributed by atoms with Crippen LogP contribution < -0.4 is 0 Å². The predicted molar refractivity (Wildman–Crippen MR) is 64.5 cm³/mol. The summed E-state index contributed by atoms with van der Waals surface area (Å²) >= 11 is 0. The van der Waals surface area contributed by atoms with E-state index in [2.05, 4.69) is 12.6 Å². The van der Waals surface area contributed by atoms with Crippen molar-refractivity contribution in [2.75, 3.05) is 0 Å². The van der Waals surface area contributed by atoms with Crippen LogP contribution in [0.25, 0.3) is 0 Å². The highest BCUT2D eigenvalue weighted by molar-refractivity contribution is 5.18. The quantitative estimate of drug-likeness (QED) is 0.643. The molecule has 1 atom stereocenters. The van der Waals surface area contributed by atoms with Crippen LogP contribution >= 0.6 is 0 Å². The summed E-state index contributed by atoms with van der Waals surface area (Å²) in [6.07, 6.45) is 7.20. The van der Waals surface area contributed by atoms with E-state index in [1.165, 1.54) is 37.7 Å². The first kappa shape index (κ1) is 10.4. The second-order valence-corrected chi connectivity index (χ2v) is 6.38. The molecule has 0 aliphatic heterocycles. The van der Waals surface area contributed by atoms with E-state index < -0.39 is 0 Å². The van der Waals surface area contributed by atoms with Gasteiger partial charge in [-0.2, -0.15) is 5.26 Å². The predicted octanol–water partition coefficient (Wildman–Crippen LogP) is 3.77. The minimum Gasteiger partial charge on any atom is -0.198 e. The summed E-state index contributed by atoms with van der Waals surface area (Å²) in [6.45, 7) is 6.27. The van der Waals surface area contributed by atoms with Crippen molar-refractivity contribution >= 4 is 0 Å². The monoisotopic (exact) mass is 215 g/mol. The molecule has 1 unspecified atom stereocenters. The first-order chi connectivity index (χ1) is 7.69. The summed E-state index contributed by atoms with van der Waals surface area (Å²) in [6, 6.07) is 2.37. The summed E-state index contributed by atoms with van der Waals surface area (Å²) in [5.74, 6) is 4.52. The molecule has 86 valence electrons. The molecular formula is C15H21N. The maximum atomic E-state index is 9.05. The minimum absolute atomic E-state index is 0.0579. The molecule has 0 saturated heterocycles. The maximum Gasteiger partial charge on any atom is 0.0697 e. The molecule has 4 rings (SSSR count). The zero-order chi connectivity index (χ0) is 11.3. The number of nitriles is 1. The van der Waals surface area contributed by atoms with Crippen molar-refractivity contribution in [1.82, 2.24) is 0 Å². The molecule has 0 N–H and O–H groups in total. The van der Waals surface area contributed by atoms with Crippen molar-refractivity contribution in [2.24, 2.45) is 35.5 Å². The van der Waals surface area contributed by atoms with Gasteiger partial charge in [0.1, 0.15) is 0 Å². The molecule has 4 bridgehead atoms. The lowest BCUT2D eigenvalue weighted by Gasteiger charge is -2.55. The van der Waals surface area contributed by atoms with E-state index in [1.54, 1.807) is 0 Å². The maximum absolute atomic E-state index is 9.05. The smallest absolute Gasteiger partial charge is 0.0697 e. The van der Waals surface area contributed by atoms with Crippen LogP contribution in [-0.2, 0) is 0 Å². The Morgan fingerprint density at radius 2 is 1.62 bits per heavy atom. The van der Waals surface area contributed by atoms with Gasteiger partial charge in [0.25, 0.3) is 0 Å². The molecule has 0 heterocycles. The van der Waals surface area contributed by atoms with Crippen molar-refractivity contribution in [3.8, 4) is 6.07 Å². The molecule has 0 spiro atoms. The lowest BCUT2D eigenvalue weighted by molar-refractivity contribution is -0.0228. The van der Waals surface area contributed by atoms with Gasteiger partial charge < -0.3 is 0 Å². The van der Waals surface area contributed by atoms with Gasteiger partial charge in [-0.15, -0.1) is 0 Å². The number of hydrogen-bond donors (Lipinski definition) is 0. The van der Waals surface area contributed by atoms with Crippen LogP contribution in [-0.4, -0.2) is 0 Å². The summed E-state index contributed by atoms with van der Waals surface area (Å²) < 4.78 is 0. The highest BCUT2D eigenvalue weighted by atomic mass is 14.5. The third kappa shape index (κ3) is 1.43. The van der Waals surface area contributed by atoms with Gasteiger partial charge in [0.15, 0.2) is 0 Å².